The fourth-order valence-corrected chi connectivity index (χ4v) is 5.43. The van der Waals surface area contributed by atoms with Gasteiger partial charge in [-0.2, -0.15) is 0 Å². The molecule has 0 unspecified atom stereocenters. The van der Waals surface area contributed by atoms with Gasteiger partial charge in [0.15, 0.2) is 0 Å². The number of likely N-dealkylation sites (tertiary alicyclic amines) is 1. The molecule has 0 radical (unpaired) electrons. The molecule has 38 heavy (non-hydrogen) atoms. The zero-order valence-corrected chi connectivity index (χ0v) is 21.2. The first-order chi connectivity index (χ1) is 18.5. The van der Waals surface area contributed by atoms with Gasteiger partial charge in [-0.05, 0) is 49.1 Å². The van der Waals surface area contributed by atoms with Gasteiger partial charge in [-0.15, -0.1) is 0 Å². The second kappa shape index (κ2) is 11.0. The van der Waals surface area contributed by atoms with Crippen LogP contribution in [-0.4, -0.2) is 65.9 Å². The molecular formula is C30H31FN4O3. The van der Waals surface area contributed by atoms with Gasteiger partial charge in [0.1, 0.15) is 17.9 Å². The molecule has 0 aromatic heterocycles. The molecule has 7 nitrogen and oxygen atoms in total. The Labute approximate surface area is 221 Å². The van der Waals surface area contributed by atoms with Crippen LogP contribution < -0.4 is 10.2 Å². The molecule has 2 aliphatic rings. The Morgan fingerprint density at radius 2 is 1.50 bits per heavy atom. The summed E-state index contributed by atoms with van der Waals surface area (Å²) in [6, 6.07) is 25.5. The normalized spacial score (nSPS) is 16.7. The van der Waals surface area contributed by atoms with E-state index in [1.165, 1.54) is 12.1 Å². The maximum Gasteiger partial charge on any atom is 0.256 e. The largest absolute Gasteiger partial charge is 0.354 e. The second-order valence-electron chi connectivity index (χ2n) is 9.80. The molecule has 8 heteroatoms. The number of anilines is 1. The number of rotatable bonds is 7. The third-order valence-electron chi connectivity index (χ3n) is 7.48. The van der Waals surface area contributed by atoms with E-state index in [2.05, 4.69) is 10.2 Å². The lowest BCUT2D eigenvalue weighted by molar-refractivity contribution is -0.137. The SMILES string of the molecule is O=C(CN1CN(c2ccccc2)C2(CCN(C(=O)c3ccccc3F)CC2)C1=O)NCCc1ccccc1. The lowest BCUT2D eigenvalue weighted by Gasteiger charge is -2.43. The van der Waals surface area contributed by atoms with Gasteiger partial charge >= 0.3 is 0 Å². The number of amides is 3. The third-order valence-corrected chi connectivity index (χ3v) is 7.48. The fourth-order valence-electron chi connectivity index (χ4n) is 5.43. The molecule has 5 rings (SSSR count). The quantitative estimate of drug-likeness (QED) is 0.524. The van der Waals surface area contributed by atoms with Gasteiger partial charge in [-0.25, -0.2) is 4.39 Å². The molecule has 0 atom stereocenters. The Kier molecular flexibility index (Phi) is 7.40. The molecule has 2 heterocycles. The molecule has 1 spiro atoms. The van der Waals surface area contributed by atoms with E-state index in [0.717, 1.165) is 11.3 Å². The summed E-state index contributed by atoms with van der Waals surface area (Å²) in [6.07, 6.45) is 1.51. The lowest BCUT2D eigenvalue weighted by Crippen LogP contribution is -2.57. The van der Waals surface area contributed by atoms with Crippen LogP contribution >= 0.6 is 0 Å². The number of carbonyl (C=O) groups excluding carboxylic acids is 3. The summed E-state index contributed by atoms with van der Waals surface area (Å²) in [4.78, 5) is 44.9. The van der Waals surface area contributed by atoms with Crippen LogP contribution in [0.4, 0.5) is 10.1 Å². The molecule has 1 N–H and O–H groups in total. The molecule has 0 saturated carbocycles. The maximum atomic E-state index is 14.2. The highest BCUT2D eigenvalue weighted by molar-refractivity contribution is 5.97. The van der Waals surface area contributed by atoms with E-state index in [1.54, 1.807) is 21.9 Å². The Morgan fingerprint density at radius 1 is 0.868 bits per heavy atom. The fraction of sp³-hybridized carbons (Fsp3) is 0.300. The van der Waals surface area contributed by atoms with Gasteiger partial charge < -0.3 is 20.0 Å². The van der Waals surface area contributed by atoms with Crippen molar-refractivity contribution in [3.63, 3.8) is 0 Å². The molecule has 196 valence electrons. The Bertz CT molecular complexity index is 1290. The number of halogens is 1. The monoisotopic (exact) mass is 514 g/mol. The molecule has 2 fully saturated rings. The van der Waals surface area contributed by atoms with E-state index in [0.29, 0.717) is 38.9 Å². The molecule has 0 bridgehead atoms. The van der Waals surface area contributed by atoms with Crippen LogP contribution in [0.3, 0.4) is 0 Å². The number of piperidine rings is 1. The number of nitrogens with one attached hydrogen (secondary N) is 1. The first-order valence-corrected chi connectivity index (χ1v) is 12.9. The standard InChI is InChI=1S/C30H31FN4O3/c31-26-14-8-7-13-25(26)28(37)33-19-16-30(17-20-33)29(38)34(22-35(30)24-11-5-2-6-12-24)21-27(36)32-18-15-23-9-3-1-4-10-23/h1-14H,15-22H2,(H,32,36). The molecule has 2 aliphatic heterocycles. The first-order valence-electron chi connectivity index (χ1n) is 12.9. The average molecular weight is 515 g/mol. The first kappa shape index (κ1) is 25.4. The summed E-state index contributed by atoms with van der Waals surface area (Å²) < 4.78 is 14.2. The van der Waals surface area contributed by atoms with Crippen LogP contribution in [0.1, 0.15) is 28.8 Å². The number of nitrogens with zero attached hydrogens (tertiary/aromatic N) is 3. The lowest BCUT2D eigenvalue weighted by atomic mass is 9.85. The topological polar surface area (TPSA) is 73.0 Å². The number of benzene rings is 3. The number of carbonyl (C=O) groups is 3. The van der Waals surface area contributed by atoms with Crippen molar-refractivity contribution in [1.29, 1.82) is 0 Å². The van der Waals surface area contributed by atoms with Crippen LogP contribution in [0.25, 0.3) is 0 Å². The van der Waals surface area contributed by atoms with E-state index in [4.69, 9.17) is 0 Å². The molecule has 3 aromatic carbocycles. The number of para-hydroxylation sites is 1. The van der Waals surface area contributed by atoms with Crippen molar-refractivity contribution in [2.45, 2.75) is 24.8 Å². The van der Waals surface area contributed by atoms with E-state index < -0.39 is 11.4 Å². The van der Waals surface area contributed by atoms with Crippen molar-refractivity contribution in [3.8, 4) is 0 Å². The van der Waals surface area contributed by atoms with Crippen LogP contribution in [0.15, 0.2) is 84.9 Å². The highest BCUT2D eigenvalue weighted by Gasteiger charge is 2.54. The van der Waals surface area contributed by atoms with Crippen molar-refractivity contribution < 1.29 is 18.8 Å². The molecule has 2 saturated heterocycles. The Hall–Kier alpha value is -4.20. The summed E-state index contributed by atoms with van der Waals surface area (Å²) in [5.74, 6) is -1.24. The average Bonchev–Trinajstić information content (AvgIpc) is 3.20. The van der Waals surface area contributed by atoms with Gasteiger partial charge in [0.25, 0.3) is 11.8 Å². The van der Waals surface area contributed by atoms with Crippen LogP contribution in [0.5, 0.6) is 0 Å². The minimum Gasteiger partial charge on any atom is -0.354 e. The van der Waals surface area contributed by atoms with E-state index in [9.17, 15) is 18.8 Å². The summed E-state index contributed by atoms with van der Waals surface area (Å²) in [5, 5.41) is 2.93. The highest BCUT2D eigenvalue weighted by atomic mass is 19.1. The number of hydrogen-bond acceptors (Lipinski definition) is 4. The zero-order chi connectivity index (χ0) is 26.5. The second-order valence-corrected chi connectivity index (χ2v) is 9.80. The summed E-state index contributed by atoms with van der Waals surface area (Å²) in [6.45, 7) is 1.39. The van der Waals surface area contributed by atoms with E-state index in [-0.39, 0.29) is 36.5 Å². The predicted octanol–water partition coefficient (Wildman–Crippen LogP) is 3.47. The van der Waals surface area contributed by atoms with Crippen LogP contribution in [0, 0.1) is 5.82 Å². The van der Waals surface area contributed by atoms with Gasteiger partial charge in [-0.3, -0.25) is 14.4 Å². The van der Waals surface area contributed by atoms with Crippen molar-refractivity contribution in [2.24, 2.45) is 0 Å². The van der Waals surface area contributed by atoms with Crippen LogP contribution in [0.2, 0.25) is 0 Å². The molecule has 0 aliphatic carbocycles. The van der Waals surface area contributed by atoms with Gasteiger partial charge in [0.2, 0.25) is 5.91 Å². The van der Waals surface area contributed by atoms with E-state index in [1.807, 2.05) is 60.7 Å². The smallest absolute Gasteiger partial charge is 0.256 e. The molecule has 3 aromatic rings. The number of hydrogen-bond donors (Lipinski definition) is 1. The molecular weight excluding hydrogens is 483 g/mol. The van der Waals surface area contributed by atoms with Gasteiger partial charge in [0.05, 0.1) is 12.2 Å². The minimum atomic E-state index is -0.863. The predicted molar refractivity (Wildman–Crippen MR) is 143 cm³/mol. The summed E-state index contributed by atoms with van der Waals surface area (Å²) in [5.41, 5.74) is 1.20. The van der Waals surface area contributed by atoms with Gasteiger partial charge in [-0.1, -0.05) is 60.7 Å². The highest BCUT2D eigenvalue weighted by Crippen LogP contribution is 2.39. The van der Waals surface area contributed by atoms with Crippen molar-refractivity contribution in [1.82, 2.24) is 15.1 Å². The van der Waals surface area contributed by atoms with E-state index >= 15 is 0 Å². The van der Waals surface area contributed by atoms with Crippen molar-refractivity contribution >= 4 is 23.4 Å². The summed E-state index contributed by atoms with van der Waals surface area (Å²) >= 11 is 0. The zero-order valence-electron chi connectivity index (χ0n) is 21.2. The minimum absolute atomic E-state index is 0.0312. The molecule has 3 amide bonds. The Morgan fingerprint density at radius 3 is 2.18 bits per heavy atom. The van der Waals surface area contributed by atoms with Crippen molar-refractivity contribution in [2.75, 3.05) is 37.7 Å². The Balaban J connectivity index is 1.28. The van der Waals surface area contributed by atoms with Crippen LogP contribution in [-0.2, 0) is 16.0 Å². The van der Waals surface area contributed by atoms with Gasteiger partial charge in [0, 0.05) is 25.3 Å². The summed E-state index contributed by atoms with van der Waals surface area (Å²) in [7, 11) is 0. The maximum absolute atomic E-state index is 14.2. The third kappa shape index (κ3) is 5.11. The van der Waals surface area contributed by atoms with Crippen molar-refractivity contribution in [3.05, 3.63) is 102 Å².